The summed E-state index contributed by atoms with van der Waals surface area (Å²) in [6, 6.07) is 6.84. The molecule has 1 N–H and O–H groups in total. The number of rotatable bonds is 7. The molecule has 4 heterocycles. The van der Waals surface area contributed by atoms with Gasteiger partial charge in [-0.3, -0.25) is 19.1 Å². The zero-order valence-electron chi connectivity index (χ0n) is 23.9. The van der Waals surface area contributed by atoms with Crippen molar-refractivity contribution in [2.45, 2.75) is 64.8 Å². The smallest absolute Gasteiger partial charge is 0.325 e. The molecule has 1 aliphatic carbocycles. The second kappa shape index (κ2) is 10.8. The molecule has 0 spiro atoms. The number of likely N-dealkylation sites (tertiary alicyclic amines) is 1. The maximum absolute atomic E-state index is 13.8. The van der Waals surface area contributed by atoms with Crippen LogP contribution in [0.5, 0.6) is 0 Å². The van der Waals surface area contributed by atoms with E-state index in [1.165, 1.54) is 23.7 Å². The normalized spacial score (nSPS) is 20.9. The van der Waals surface area contributed by atoms with Gasteiger partial charge in [0.1, 0.15) is 34.5 Å². The van der Waals surface area contributed by atoms with Crippen molar-refractivity contribution in [1.82, 2.24) is 29.6 Å². The Morgan fingerprint density at radius 3 is 2.50 bits per heavy atom. The first-order valence-corrected chi connectivity index (χ1v) is 14.7. The zero-order valence-corrected chi connectivity index (χ0v) is 25.5. The number of hydrogen-bond acceptors (Lipinski definition) is 7. The van der Waals surface area contributed by atoms with Gasteiger partial charge in [0.15, 0.2) is 5.78 Å². The number of aromatic nitrogens is 5. The first kappa shape index (κ1) is 29.9. The summed E-state index contributed by atoms with van der Waals surface area (Å²) in [6.07, 6.45) is -1.09. The van der Waals surface area contributed by atoms with E-state index in [2.05, 4.69) is 41.3 Å². The first-order valence-electron chi connectivity index (χ1n) is 13.9. The lowest BCUT2D eigenvalue weighted by Gasteiger charge is -2.27. The van der Waals surface area contributed by atoms with E-state index in [1.54, 1.807) is 30.3 Å². The van der Waals surface area contributed by atoms with Crippen LogP contribution in [0, 0.1) is 12.3 Å². The Morgan fingerprint density at radius 1 is 1.09 bits per heavy atom. The molecule has 1 aliphatic heterocycles. The fourth-order valence-corrected chi connectivity index (χ4v) is 6.49. The number of carbonyl (C=O) groups is 3. The van der Waals surface area contributed by atoms with Gasteiger partial charge < -0.3 is 10.2 Å². The molecule has 6 rings (SSSR count). The number of amides is 2. The predicted octanol–water partition coefficient (Wildman–Crippen LogP) is 5.28. The molecule has 2 fully saturated rings. The van der Waals surface area contributed by atoms with E-state index < -0.39 is 24.5 Å². The number of carbonyl (C=O) groups excluding carboxylic acids is 3. The maximum Gasteiger partial charge on any atom is 0.393 e. The molecule has 0 bridgehead atoms. The minimum atomic E-state index is -4.43. The quantitative estimate of drug-likeness (QED) is 0.210. The average Bonchev–Trinajstić information content (AvgIpc) is 3.29. The zero-order chi connectivity index (χ0) is 31.6. The van der Waals surface area contributed by atoms with Gasteiger partial charge in [0.05, 0.1) is 11.9 Å². The van der Waals surface area contributed by atoms with Gasteiger partial charge in [0.25, 0.3) is 0 Å². The van der Waals surface area contributed by atoms with Gasteiger partial charge >= 0.3 is 6.18 Å². The average molecular weight is 670 g/mol. The number of halogens is 4. The van der Waals surface area contributed by atoms with Crippen molar-refractivity contribution < 1.29 is 27.6 Å². The standard InChI is InChI=1S/C30H27BrF3N7O3/c1-15(42)27-20-8-18(19-12-35-16(2)36-13-19)4-5-21(20)40(39-27)14-26(43)41-22(10-29(3)11-23(29)41)28(44)38-25-7-17(6-24(31)37-25)9-30(32,33)34/h4-8,12-13,22-23H,9-11,14H2,1-3H3,(H,37,38,44)/t22-,23+,29-/m0/s1. The van der Waals surface area contributed by atoms with Crippen LogP contribution in [0.1, 0.15) is 48.6 Å². The van der Waals surface area contributed by atoms with Gasteiger partial charge in [-0.2, -0.15) is 18.3 Å². The van der Waals surface area contributed by atoms with E-state index in [4.69, 9.17) is 0 Å². The number of pyridine rings is 1. The van der Waals surface area contributed by atoms with Crippen LogP contribution in [-0.4, -0.2) is 65.5 Å². The molecule has 2 aliphatic rings. The van der Waals surface area contributed by atoms with Crippen molar-refractivity contribution in [1.29, 1.82) is 0 Å². The Morgan fingerprint density at radius 2 is 1.82 bits per heavy atom. The van der Waals surface area contributed by atoms with Crippen LogP contribution in [0.15, 0.2) is 47.3 Å². The number of ketones is 1. The van der Waals surface area contributed by atoms with Crippen molar-refractivity contribution in [2.75, 3.05) is 5.32 Å². The third-order valence-electron chi connectivity index (χ3n) is 8.22. The van der Waals surface area contributed by atoms with E-state index in [9.17, 15) is 27.6 Å². The highest BCUT2D eigenvalue weighted by molar-refractivity contribution is 9.10. The fraction of sp³-hybridized carbons (Fsp3) is 0.367. The Bertz CT molecular complexity index is 1830. The van der Waals surface area contributed by atoms with Gasteiger partial charge in [0.2, 0.25) is 11.8 Å². The van der Waals surface area contributed by atoms with Crippen molar-refractivity contribution >= 4 is 50.2 Å². The number of alkyl halides is 3. The Balaban J connectivity index is 1.25. The molecule has 0 unspecified atom stereocenters. The van der Waals surface area contributed by atoms with E-state index in [0.717, 1.165) is 17.5 Å². The van der Waals surface area contributed by atoms with Crippen LogP contribution in [0.3, 0.4) is 0 Å². The molecule has 1 saturated carbocycles. The molecule has 3 aromatic heterocycles. The highest BCUT2D eigenvalue weighted by Crippen LogP contribution is 2.59. The molecule has 1 aromatic carbocycles. The van der Waals surface area contributed by atoms with Gasteiger partial charge in [-0.05, 0) is 76.5 Å². The van der Waals surface area contributed by atoms with Gasteiger partial charge in [-0.25, -0.2) is 15.0 Å². The highest BCUT2D eigenvalue weighted by atomic mass is 79.9. The summed E-state index contributed by atoms with van der Waals surface area (Å²) in [5, 5.41) is 7.66. The van der Waals surface area contributed by atoms with Crippen LogP contribution in [0.4, 0.5) is 19.0 Å². The summed E-state index contributed by atoms with van der Waals surface area (Å²) in [5.41, 5.74) is 2.04. The van der Waals surface area contributed by atoms with Gasteiger partial charge in [-0.1, -0.05) is 13.0 Å². The molecular formula is C30H27BrF3N7O3. The largest absolute Gasteiger partial charge is 0.393 e. The number of anilines is 1. The van der Waals surface area contributed by atoms with E-state index in [1.807, 2.05) is 19.1 Å². The molecular weight excluding hydrogens is 643 g/mol. The van der Waals surface area contributed by atoms with Crippen LogP contribution < -0.4 is 5.32 Å². The summed E-state index contributed by atoms with van der Waals surface area (Å²) in [6.45, 7) is 4.98. The van der Waals surface area contributed by atoms with Crippen molar-refractivity contribution in [3.63, 3.8) is 0 Å². The molecule has 2 amide bonds. The number of fused-ring (bicyclic) bond motifs is 2. The number of Topliss-reactive ketones (excluding diaryl/α,β-unsaturated/α-hetero) is 1. The first-order chi connectivity index (χ1) is 20.7. The summed E-state index contributed by atoms with van der Waals surface area (Å²) >= 11 is 3.11. The lowest BCUT2D eigenvalue weighted by molar-refractivity contribution is -0.138. The Kier molecular flexibility index (Phi) is 7.30. The number of nitrogens with one attached hydrogen (secondary N) is 1. The molecule has 4 aromatic rings. The number of nitrogens with zero attached hydrogens (tertiary/aromatic N) is 6. The summed E-state index contributed by atoms with van der Waals surface area (Å²) in [4.78, 5) is 53.9. The SMILES string of the molecule is CC(=O)c1nn(CC(=O)N2[C@H](C(=O)Nc3cc(CC(F)(F)F)cc(Br)n3)C[C@@]3(C)C[C@@H]23)c2ccc(-c3cnc(C)nc3)cc12. The third-order valence-corrected chi connectivity index (χ3v) is 8.63. The highest BCUT2D eigenvalue weighted by Gasteiger charge is 2.64. The number of piperidine rings is 1. The summed E-state index contributed by atoms with van der Waals surface area (Å²) in [5.74, 6) is -0.564. The van der Waals surface area contributed by atoms with E-state index >= 15 is 0 Å². The topological polar surface area (TPSA) is 123 Å². The summed E-state index contributed by atoms with van der Waals surface area (Å²) < 4.78 is 40.5. The van der Waals surface area contributed by atoms with E-state index in [0.29, 0.717) is 23.1 Å². The third kappa shape index (κ3) is 5.82. The minimum absolute atomic E-state index is 0.0410. The maximum atomic E-state index is 13.8. The van der Waals surface area contributed by atoms with Gasteiger partial charge in [0, 0.05) is 36.3 Å². The fourth-order valence-electron chi connectivity index (χ4n) is 6.01. The monoisotopic (exact) mass is 669 g/mol. The number of benzene rings is 1. The Labute approximate surface area is 258 Å². The molecule has 0 radical (unpaired) electrons. The molecule has 3 atom stereocenters. The van der Waals surface area contributed by atoms with Crippen molar-refractivity contribution in [2.24, 2.45) is 5.41 Å². The second-order valence-electron chi connectivity index (χ2n) is 11.7. The van der Waals surface area contributed by atoms with Crippen molar-refractivity contribution in [3.05, 3.63) is 64.4 Å². The van der Waals surface area contributed by atoms with Crippen LogP contribution in [0.2, 0.25) is 0 Å². The second-order valence-corrected chi connectivity index (χ2v) is 12.5. The minimum Gasteiger partial charge on any atom is -0.325 e. The van der Waals surface area contributed by atoms with E-state index in [-0.39, 0.29) is 51.4 Å². The number of hydrogen-bond donors (Lipinski definition) is 1. The van der Waals surface area contributed by atoms with Crippen molar-refractivity contribution in [3.8, 4) is 11.1 Å². The molecule has 228 valence electrons. The molecule has 14 heteroatoms. The van der Waals surface area contributed by atoms with Gasteiger partial charge in [-0.15, -0.1) is 0 Å². The van der Waals surface area contributed by atoms with Crippen LogP contribution >= 0.6 is 15.9 Å². The molecule has 1 saturated heterocycles. The Hall–Kier alpha value is -4.20. The molecule has 44 heavy (non-hydrogen) atoms. The lowest BCUT2D eigenvalue weighted by atomic mass is 10.0. The lowest BCUT2D eigenvalue weighted by Crippen LogP contribution is -2.46. The van der Waals surface area contributed by atoms with Crippen LogP contribution in [0.25, 0.3) is 22.0 Å². The predicted molar refractivity (Wildman–Crippen MR) is 158 cm³/mol. The summed E-state index contributed by atoms with van der Waals surface area (Å²) in [7, 11) is 0. The molecule has 10 nitrogen and oxygen atoms in total. The number of aryl methyl sites for hydroxylation is 1. The van der Waals surface area contributed by atoms with Crippen LogP contribution in [-0.2, 0) is 22.6 Å².